The minimum Gasteiger partial charge on any atom is -0.311 e. The molecule has 6 nitrogen and oxygen atoms in total. The van der Waals surface area contributed by atoms with Crippen LogP contribution in [0.25, 0.3) is 0 Å². The second-order valence-electron chi connectivity index (χ2n) is 6.68. The molecule has 136 valence electrons. The maximum absolute atomic E-state index is 12.4. The largest absolute Gasteiger partial charge is 0.311 e. The first-order valence-electron chi connectivity index (χ1n) is 8.80. The summed E-state index contributed by atoms with van der Waals surface area (Å²) in [6.45, 7) is 6.71. The fraction of sp³-hybridized carbons (Fsp3) is 0.350. The zero-order valence-electron chi connectivity index (χ0n) is 15.8. The summed E-state index contributed by atoms with van der Waals surface area (Å²) in [5.41, 5.74) is 5.62. The summed E-state index contributed by atoms with van der Waals surface area (Å²) in [6.07, 6.45) is 2.81. The van der Waals surface area contributed by atoms with Gasteiger partial charge in [0.2, 0.25) is 5.91 Å². The van der Waals surface area contributed by atoms with Gasteiger partial charge in [0.05, 0.1) is 18.4 Å². The molecule has 6 heteroatoms. The Morgan fingerprint density at radius 3 is 2.69 bits per heavy atom. The number of rotatable bonds is 6. The number of aromatic nitrogens is 4. The van der Waals surface area contributed by atoms with Crippen molar-refractivity contribution in [3.63, 3.8) is 0 Å². The smallest absolute Gasteiger partial charge is 0.225 e. The van der Waals surface area contributed by atoms with Crippen molar-refractivity contribution in [2.24, 2.45) is 7.05 Å². The van der Waals surface area contributed by atoms with E-state index in [0.29, 0.717) is 19.4 Å². The number of nitrogens with zero attached hydrogens (tertiary/aromatic N) is 4. The van der Waals surface area contributed by atoms with Crippen molar-refractivity contribution in [1.29, 1.82) is 0 Å². The minimum absolute atomic E-state index is 0.0151. The Morgan fingerprint density at radius 1 is 1.19 bits per heavy atom. The lowest BCUT2D eigenvalue weighted by atomic mass is 10.1. The van der Waals surface area contributed by atoms with Crippen molar-refractivity contribution in [2.75, 3.05) is 5.32 Å². The average molecular weight is 351 g/mol. The van der Waals surface area contributed by atoms with Crippen molar-refractivity contribution in [3.05, 3.63) is 64.6 Å². The first kappa shape index (κ1) is 17.9. The number of carbonyl (C=O) groups is 1. The van der Waals surface area contributed by atoms with Gasteiger partial charge in [0.15, 0.2) is 0 Å². The Balaban J connectivity index is 1.62. The number of nitrogens with one attached hydrogen (secondary N) is 1. The Morgan fingerprint density at radius 2 is 2.00 bits per heavy atom. The number of anilines is 1. The highest BCUT2D eigenvalue weighted by Crippen LogP contribution is 2.16. The van der Waals surface area contributed by atoms with Gasteiger partial charge in [0, 0.05) is 25.2 Å². The average Bonchev–Trinajstić information content (AvgIpc) is 3.10. The van der Waals surface area contributed by atoms with E-state index in [1.54, 1.807) is 6.20 Å². The lowest BCUT2D eigenvalue weighted by Crippen LogP contribution is -2.16. The first-order valence-corrected chi connectivity index (χ1v) is 8.80. The van der Waals surface area contributed by atoms with Crippen LogP contribution in [0.5, 0.6) is 0 Å². The third-order valence-electron chi connectivity index (χ3n) is 4.66. The first-order chi connectivity index (χ1) is 12.4. The molecular formula is C20H25N5O. The minimum atomic E-state index is -0.0151. The number of amides is 1. The molecule has 1 aromatic carbocycles. The summed E-state index contributed by atoms with van der Waals surface area (Å²) >= 11 is 0. The summed E-state index contributed by atoms with van der Waals surface area (Å²) < 4.78 is 3.67. The molecule has 0 fully saturated rings. The second-order valence-corrected chi connectivity index (χ2v) is 6.68. The van der Waals surface area contributed by atoms with E-state index in [2.05, 4.69) is 40.6 Å². The second kappa shape index (κ2) is 7.56. The van der Waals surface area contributed by atoms with E-state index in [1.165, 1.54) is 5.56 Å². The molecule has 0 aliphatic heterocycles. The van der Waals surface area contributed by atoms with Crippen LogP contribution >= 0.6 is 0 Å². The molecule has 0 bridgehead atoms. The zero-order chi connectivity index (χ0) is 18.7. The van der Waals surface area contributed by atoms with Gasteiger partial charge in [-0.25, -0.2) is 4.68 Å². The summed E-state index contributed by atoms with van der Waals surface area (Å²) in [5.74, 6) is 0.704. The summed E-state index contributed by atoms with van der Waals surface area (Å²) in [4.78, 5) is 12.4. The molecule has 0 aliphatic carbocycles. The molecule has 1 N–H and O–H groups in total. The maximum atomic E-state index is 12.4. The summed E-state index contributed by atoms with van der Waals surface area (Å²) in [7, 11) is 1.93. The normalized spacial score (nSPS) is 10.9. The van der Waals surface area contributed by atoms with Crippen molar-refractivity contribution in [2.45, 2.75) is 40.2 Å². The van der Waals surface area contributed by atoms with Crippen LogP contribution in [0.4, 0.5) is 5.82 Å². The number of hydrogen-bond acceptors (Lipinski definition) is 3. The summed E-state index contributed by atoms with van der Waals surface area (Å²) in [5, 5.41) is 11.7. The van der Waals surface area contributed by atoms with Gasteiger partial charge in [-0.3, -0.25) is 9.48 Å². The molecule has 0 radical (unpaired) electrons. The highest BCUT2D eigenvalue weighted by molar-refractivity contribution is 5.90. The van der Waals surface area contributed by atoms with Crippen LogP contribution in [0.1, 0.15) is 34.5 Å². The van der Waals surface area contributed by atoms with E-state index >= 15 is 0 Å². The van der Waals surface area contributed by atoms with E-state index in [-0.39, 0.29) is 5.91 Å². The molecule has 0 atom stereocenters. The molecular weight excluding hydrogens is 326 g/mol. The van der Waals surface area contributed by atoms with Gasteiger partial charge in [-0.1, -0.05) is 29.8 Å². The Hall–Kier alpha value is -2.89. The summed E-state index contributed by atoms with van der Waals surface area (Å²) in [6, 6.07) is 10.1. The third kappa shape index (κ3) is 4.02. The molecule has 0 unspecified atom stereocenters. The van der Waals surface area contributed by atoms with Gasteiger partial charge in [0.25, 0.3) is 0 Å². The molecule has 0 aliphatic rings. The molecule has 0 saturated carbocycles. The predicted octanol–water partition coefficient (Wildman–Crippen LogP) is 3.16. The van der Waals surface area contributed by atoms with Crippen LogP contribution in [-0.2, 0) is 24.8 Å². The number of aryl methyl sites for hydroxylation is 3. The molecule has 1 amide bonds. The van der Waals surface area contributed by atoms with Gasteiger partial charge in [-0.05, 0) is 38.3 Å². The van der Waals surface area contributed by atoms with E-state index < -0.39 is 0 Å². The van der Waals surface area contributed by atoms with E-state index in [9.17, 15) is 4.79 Å². The molecule has 0 saturated heterocycles. The van der Waals surface area contributed by atoms with Crippen molar-refractivity contribution in [1.82, 2.24) is 19.6 Å². The van der Waals surface area contributed by atoms with Crippen LogP contribution < -0.4 is 5.32 Å². The highest BCUT2D eigenvalue weighted by Gasteiger charge is 2.13. The van der Waals surface area contributed by atoms with Crippen LogP contribution in [0, 0.1) is 20.8 Å². The number of carbonyl (C=O) groups excluding carboxylic acids is 1. The lowest BCUT2D eigenvalue weighted by Gasteiger charge is -2.10. The van der Waals surface area contributed by atoms with Gasteiger partial charge in [-0.2, -0.15) is 10.2 Å². The third-order valence-corrected chi connectivity index (χ3v) is 4.66. The molecule has 2 heterocycles. The standard InChI is InChI=1S/C20H25N5O/c1-14-6-5-7-17(12-14)13-25-19(10-11-21-25)22-20(26)9-8-18-15(2)23-24(4)16(18)3/h5-7,10-12H,8-9,13H2,1-4H3,(H,22,26). The van der Waals surface area contributed by atoms with Gasteiger partial charge < -0.3 is 5.32 Å². The Bertz CT molecular complexity index is 922. The quantitative estimate of drug-likeness (QED) is 0.742. The number of benzene rings is 1. The topological polar surface area (TPSA) is 64.7 Å². The molecule has 3 aromatic rings. The Labute approximate surface area is 153 Å². The lowest BCUT2D eigenvalue weighted by molar-refractivity contribution is -0.116. The van der Waals surface area contributed by atoms with E-state index in [0.717, 1.165) is 28.3 Å². The molecule has 26 heavy (non-hydrogen) atoms. The maximum Gasteiger partial charge on any atom is 0.225 e. The van der Waals surface area contributed by atoms with Gasteiger partial charge in [0.1, 0.15) is 5.82 Å². The van der Waals surface area contributed by atoms with Crippen LogP contribution in [0.2, 0.25) is 0 Å². The Kier molecular flexibility index (Phi) is 5.21. The van der Waals surface area contributed by atoms with Gasteiger partial charge >= 0.3 is 0 Å². The van der Waals surface area contributed by atoms with Crippen LogP contribution in [0.15, 0.2) is 36.5 Å². The highest BCUT2D eigenvalue weighted by atomic mass is 16.1. The fourth-order valence-corrected chi connectivity index (χ4v) is 3.17. The molecule has 3 rings (SSSR count). The molecule has 0 spiro atoms. The molecule has 2 aromatic heterocycles. The van der Waals surface area contributed by atoms with Crippen LogP contribution in [0.3, 0.4) is 0 Å². The van der Waals surface area contributed by atoms with Crippen molar-refractivity contribution >= 4 is 11.7 Å². The SMILES string of the molecule is Cc1cccc(Cn2nccc2NC(=O)CCc2c(C)nn(C)c2C)c1. The number of hydrogen-bond donors (Lipinski definition) is 1. The van der Waals surface area contributed by atoms with E-state index in [1.807, 2.05) is 42.4 Å². The predicted molar refractivity (Wildman–Crippen MR) is 102 cm³/mol. The van der Waals surface area contributed by atoms with Crippen molar-refractivity contribution < 1.29 is 4.79 Å². The van der Waals surface area contributed by atoms with E-state index in [4.69, 9.17) is 0 Å². The van der Waals surface area contributed by atoms with Crippen molar-refractivity contribution in [3.8, 4) is 0 Å². The van der Waals surface area contributed by atoms with Gasteiger partial charge in [-0.15, -0.1) is 0 Å². The fourth-order valence-electron chi connectivity index (χ4n) is 3.17. The zero-order valence-corrected chi connectivity index (χ0v) is 15.8. The monoisotopic (exact) mass is 351 g/mol. The van der Waals surface area contributed by atoms with Crippen LogP contribution in [-0.4, -0.2) is 25.5 Å².